The van der Waals surface area contributed by atoms with Crippen molar-refractivity contribution in [2.75, 3.05) is 46.3 Å². The Balaban J connectivity index is 0.00000144. The summed E-state index contributed by atoms with van der Waals surface area (Å²) < 4.78 is 0. The van der Waals surface area contributed by atoms with Gasteiger partial charge in [0.15, 0.2) is 0 Å². The van der Waals surface area contributed by atoms with Crippen LogP contribution in [0.15, 0.2) is 0 Å². The van der Waals surface area contributed by atoms with E-state index in [-0.39, 0.29) is 24.8 Å². The molecule has 0 amide bonds. The van der Waals surface area contributed by atoms with Crippen LogP contribution in [0.2, 0.25) is 0 Å². The molecule has 0 spiro atoms. The molecule has 2 rings (SSSR count). The van der Waals surface area contributed by atoms with Gasteiger partial charge in [0.2, 0.25) is 0 Å². The molecule has 1 N–H and O–H groups in total. The quantitative estimate of drug-likeness (QED) is 0.856. The van der Waals surface area contributed by atoms with E-state index in [0.717, 1.165) is 6.04 Å². The van der Waals surface area contributed by atoms with E-state index in [2.05, 4.69) is 22.2 Å². The minimum atomic E-state index is 0. The van der Waals surface area contributed by atoms with Crippen molar-refractivity contribution >= 4 is 24.8 Å². The second-order valence-electron chi connectivity index (χ2n) is 5.36. The number of hydrogen-bond donors (Lipinski definition) is 1. The fraction of sp³-hybridized carbons (Fsp3) is 1.00. The fourth-order valence-electron chi connectivity index (χ4n) is 2.94. The first-order valence-corrected chi connectivity index (χ1v) is 6.99. The zero-order valence-electron chi connectivity index (χ0n) is 11.6. The standard InChI is InChI=1S/C13H27N3.2ClH/c1-15(13-5-3-2-4-6-13)11-12-16-9-7-14-8-10-16;;/h13-14H,2-12H2,1H3;2*1H. The van der Waals surface area contributed by atoms with Gasteiger partial charge in [-0.2, -0.15) is 0 Å². The molecule has 0 unspecified atom stereocenters. The van der Waals surface area contributed by atoms with Crippen molar-refractivity contribution in [1.82, 2.24) is 15.1 Å². The van der Waals surface area contributed by atoms with Gasteiger partial charge in [-0.3, -0.25) is 4.90 Å². The van der Waals surface area contributed by atoms with Crippen LogP contribution in [0.4, 0.5) is 0 Å². The van der Waals surface area contributed by atoms with Crippen molar-refractivity contribution in [1.29, 1.82) is 0 Å². The van der Waals surface area contributed by atoms with E-state index in [0.29, 0.717) is 0 Å². The van der Waals surface area contributed by atoms with Crippen LogP contribution >= 0.6 is 24.8 Å². The Hall–Kier alpha value is 0.460. The maximum absolute atomic E-state index is 3.41. The maximum atomic E-state index is 3.41. The number of hydrogen-bond acceptors (Lipinski definition) is 3. The highest BCUT2D eigenvalue weighted by Crippen LogP contribution is 2.21. The Labute approximate surface area is 124 Å². The first kappa shape index (κ1) is 18.5. The van der Waals surface area contributed by atoms with E-state index < -0.39 is 0 Å². The molecule has 0 aromatic rings. The molecule has 0 bridgehead atoms. The lowest BCUT2D eigenvalue weighted by Crippen LogP contribution is -2.47. The molecule has 1 aliphatic heterocycles. The summed E-state index contributed by atoms with van der Waals surface area (Å²) in [5, 5.41) is 3.41. The Morgan fingerprint density at radius 3 is 2.28 bits per heavy atom. The summed E-state index contributed by atoms with van der Waals surface area (Å²) in [5.74, 6) is 0. The van der Waals surface area contributed by atoms with E-state index in [1.165, 1.54) is 71.4 Å². The van der Waals surface area contributed by atoms with Crippen molar-refractivity contribution in [3.05, 3.63) is 0 Å². The van der Waals surface area contributed by atoms with Crippen LogP contribution in [0.1, 0.15) is 32.1 Å². The van der Waals surface area contributed by atoms with Crippen molar-refractivity contribution < 1.29 is 0 Å². The summed E-state index contributed by atoms with van der Waals surface area (Å²) >= 11 is 0. The zero-order chi connectivity index (χ0) is 11.2. The fourth-order valence-corrected chi connectivity index (χ4v) is 2.94. The summed E-state index contributed by atoms with van der Waals surface area (Å²) in [7, 11) is 2.32. The molecule has 5 heteroatoms. The predicted molar refractivity (Wildman–Crippen MR) is 83.3 cm³/mol. The molecule has 0 radical (unpaired) electrons. The third kappa shape index (κ3) is 6.07. The Bertz CT molecular complexity index is 193. The normalized spacial score (nSPS) is 22.3. The Kier molecular flexibility index (Phi) is 10.5. The molecule has 0 aromatic carbocycles. The van der Waals surface area contributed by atoms with Gasteiger partial charge < -0.3 is 10.2 Å². The lowest BCUT2D eigenvalue weighted by atomic mass is 9.94. The number of rotatable bonds is 4. The van der Waals surface area contributed by atoms with Crippen LogP contribution in [-0.2, 0) is 0 Å². The molecule has 18 heavy (non-hydrogen) atoms. The number of nitrogens with one attached hydrogen (secondary N) is 1. The molecule has 1 saturated carbocycles. The van der Waals surface area contributed by atoms with Gasteiger partial charge in [-0.15, -0.1) is 24.8 Å². The molecule has 3 nitrogen and oxygen atoms in total. The molecular formula is C13H29Cl2N3. The van der Waals surface area contributed by atoms with Crippen LogP contribution in [0.25, 0.3) is 0 Å². The van der Waals surface area contributed by atoms with Crippen LogP contribution in [0.5, 0.6) is 0 Å². The maximum Gasteiger partial charge on any atom is 0.0110 e. The van der Waals surface area contributed by atoms with Gasteiger partial charge in [-0.25, -0.2) is 0 Å². The van der Waals surface area contributed by atoms with Crippen molar-refractivity contribution in [2.24, 2.45) is 0 Å². The molecule has 2 fully saturated rings. The highest BCUT2D eigenvalue weighted by atomic mass is 35.5. The molecule has 0 aromatic heterocycles. The van der Waals surface area contributed by atoms with Gasteiger partial charge in [0.25, 0.3) is 0 Å². The van der Waals surface area contributed by atoms with Gasteiger partial charge in [0, 0.05) is 45.3 Å². The smallest absolute Gasteiger partial charge is 0.0110 e. The van der Waals surface area contributed by atoms with Gasteiger partial charge >= 0.3 is 0 Å². The van der Waals surface area contributed by atoms with Crippen LogP contribution < -0.4 is 5.32 Å². The number of halogens is 2. The van der Waals surface area contributed by atoms with Gasteiger partial charge in [0.05, 0.1) is 0 Å². The van der Waals surface area contributed by atoms with Crippen LogP contribution in [-0.4, -0.2) is 62.2 Å². The van der Waals surface area contributed by atoms with E-state index >= 15 is 0 Å². The van der Waals surface area contributed by atoms with Crippen molar-refractivity contribution in [3.8, 4) is 0 Å². The van der Waals surface area contributed by atoms with E-state index in [4.69, 9.17) is 0 Å². The Morgan fingerprint density at radius 2 is 1.67 bits per heavy atom. The molecule has 2 aliphatic rings. The summed E-state index contributed by atoms with van der Waals surface area (Å²) in [6.07, 6.45) is 7.21. The van der Waals surface area contributed by atoms with Gasteiger partial charge in [-0.05, 0) is 19.9 Å². The molecular weight excluding hydrogens is 269 g/mol. The average Bonchev–Trinajstić information content (AvgIpc) is 2.38. The number of nitrogens with zero attached hydrogens (tertiary/aromatic N) is 2. The number of likely N-dealkylation sites (N-methyl/N-ethyl adjacent to an activating group) is 1. The average molecular weight is 298 g/mol. The van der Waals surface area contributed by atoms with E-state index in [9.17, 15) is 0 Å². The van der Waals surface area contributed by atoms with Gasteiger partial charge in [-0.1, -0.05) is 19.3 Å². The SMILES string of the molecule is CN(CCN1CCNCC1)C1CCCCC1.Cl.Cl. The van der Waals surface area contributed by atoms with E-state index in [1.54, 1.807) is 0 Å². The molecule has 1 saturated heterocycles. The Morgan fingerprint density at radius 1 is 1.06 bits per heavy atom. The molecule has 1 heterocycles. The third-order valence-corrected chi connectivity index (χ3v) is 4.18. The summed E-state index contributed by atoms with van der Waals surface area (Å²) in [6, 6.07) is 0.872. The summed E-state index contributed by atoms with van der Waals surface area (Å²) in [4.78, 5) is 5.19. The third-order valence-electron chi connectivity index (χ3n) is 4.18. The monoisotopic (exact) mass is 297 g/mol. The van der Waals surface area contributed by atoms with Crippen LogP contribution in [0, 0.1) is 0 Å². The zero-order valence-corrected chi connectivity index (χ0v) is 13.2. The molecule has 0 atom stereocenters. The molecule has 1 aliphatic carbocycles. The van der Waals surface area contributed by atoms with Crippen LogP contribution in [0.3, 0.4) is 0 Å². The lowest BCUT2D eigenvalue weighted by Gasteiger charge is -2.34. The highest BCUT2D eigenvalue weighted by molar-refractivity contribution is 5.85. The highest BCUT2D eigenvalue weighted by Gasteiger charge is 2.18. The first-order chi connectivity index (χ1) is 7.86. The molecule has 110 valence electrons. The van der Waals surface area contributed by atoms with Crippen molar-refractivity contribution in [2.45, 2.75) is 38.1 Å². The predicted octanol–water partition coefficient (Wildman–Crippen LogP) is 2.00. The van der Waals surface area contributed by atoms with Crippen molar-refractivity contribution in [3.63, 3.8) is 0 Å². The second kappa shape index (κ2) is 10.3. The topological polar surface area (TPSA) is 18.5 Å². The number of piperazine rings is 1. The second-order valence-corrected chi connectivity index (χ2v) is 5.36. The summed E-state index contributed by atoms with van der Waals surface area (Å²) in [6.45, 7) is 7.33. The lowest BCUT2D eigenvalue weighted by molar-refractivity contribution is 0.153. The minimum Gasteiger partial charge on any atom is -0.314 e. The first-order valence-electron chi connectivity index (χ1n) is 6.99. The summed E-state index contributed by atoms with van der Waals surface area (Å²) in [5.41, 5.74) is 0. The van der Waals surface area contributed by atoms with E-state index in [1.807, 2.05) is 0 Å². The largest absolute Gasteiger partial charge is 0.314 e. The van der Waals surface area contributed by atoms with Gasteiger partial charge in [0.1, 0.15) is 0 Å². The minimum absolute atomic E-state index is 0.